The third-order valence-corrected chi connectivity index (χ3v) is 4.25. The molecule has 1 heterocycles. The quantitative estimate of drug-likeness (QED) is 0.895. The van der Waals surface area contributed by atoms with Crippen molar-refractivity contribution in [3.8, 4) is 6.07 Å². The van der Waals surface area contributed by atoms with Crippen LogP contribution in [0.4, 0.5) is 5.13 Å². The van der Waals surface area contributed by atoms with Gasteiger partial charge in [0.2, 0.25) is 5.13 Å². The van der Waals surface area contributed by atoms with Gasteiger partial charge in [0.05, 0.1) is 16.5 Å². The molecule has 0 unspecified atom stereocenters. The maximum absolute atomic E-state index is 12.0. The van der Waals surface area contributed by atoms with E-state index in [2.05, 4.69) is 19.5 Å². The molecular weight excluding hydrogens is 274 g/mol. The number of hydrogen-bond donors (Lipinski definition) is 1. The molecule has 0 aliphatic heterocycles. The summed E-state index contributed by atoms with van der Waals surface area (Å²) in [6.07, 6.45) is 0. The number of nitrogens with one attached hydrogen (secondary N) is 1. The topological polar surface area (TPSA) is 109 Å². The molecule has 1 N–H and O–H groups in total. The number of nitriles is 1. The third-order valence-electron chi connectivity index (χ3n) is 2.11. The third kappa shape index (κ3) is 2.44. The summed E-state index contributed by atoms with van der Waals surface area (Å²) < 4.78 is 29.8. The summed E-state index contributed by atoms with van der Waals surface area (Å²) in [6, 6.07) is 6.28. The molecule has 0 aliphatic rings. The van der Waals surface area contributed by atoms with Gasteiger partial charge in [-0.3, -0.25) is 4.72 Å². The summed E-state index contributed by atoms with van der Waals surface area (Å²) in [6.45, 7) is 1.62. The van der Waals surface area contributed by atoms with E-state index in [0.717, 1.165) is 11.5 Å². The molecule has 2 aromatic rings. The number of aryl methyl sites for hydroxylation is 1. The van der Waals surface area contributed by atoms with E-state index >= 15 is 0 Å². The molecule has 2 rings (SSSR count). The lowest BCUT2D eigenvalue weighted by atomic mass is 10.2. The maximum atomic E-state index is 12.0. The fraction of sp³-hybridized carbons (Fsp3) is 0.111. The Hall–Kier alpha value is -2.05. The molecule has 1 aromatic heterocycles. The van der Waals surface area contributed by atoms with Gasteiger partial charge in [0.1, 0.15) is 0 Å². The zero-order valence-corrected chi connectivity index (χ0v) is 10.8. The second-order valence-electron chi connectivity index (χ2n) is 3.37. The van der Waals surface area contributed by atoms with Crippen LogP contribution >= 0.6 is 11.5 Å². The summed E-state index contributed by atoms with van der Waals surface area (Å²) in [5, 5.41) is 15.6. The van der Waals surface area contributed by atoms with Crippen molar-refractivity contribution >= 4 is 26.7 Å². The maximum Gasteiger partial charge on any atom is 0.264 e. The minimum atomic E-state index is -3.73. The molecule has 92 valence electrons. The number of rotatable bonds is 3. The van der Waals surface area contributed by atoms with Gasteiger partial charge in [-0.25, -0.2) is 8.42 Å². The van der Waals surface area contributed by atoms with Crippen molar-refractivity contribution < 1.29 is 8.42 Å². The molecule has 18 heavy (non-hydrogen) atoms. The van der Waals surface area contributed by atoms with Gasteiger partial charge in [-0.05, 0) is 35.9 Å². The summed E-state index contributed by atoms with van der Waals surface area (Å²) in [4.78, 5) is 0.0942. The van der Waals surface area contributed by atoms with Gasteiger partial charge in [0.15, 0.2) is 0 Å². The minimum absolute atomic E-state index is 0.0942. The molecule has 0 saturated carbocycles. The highest BCUT2D eigenvalue weighted by atomic mass is 32.2. The molecule has 0 amide bonds. The summed E-state index contributed by atoms with van der Waals surface area (Å²) in [5.41, 5.74) is 0.892. The van der Waals surface area contributed by atoms with Crippen LogP contribution in [0.25, 0.3) is 0 Å². The number of aromatic nitrogens is 3. The van der Waals surface area contributed by atoms with Crippen molar-refractivity contribution in [2.45, 2.75) is 11.8 Å². The highest BCUT2D eigenvalue weighted by Crippen LogP contribution is 2.20. The van der Waals surface area contributed by atoms with Crippen molar-refractivity contribution in [2.75, 3.05) is 4.72 Å². The van der Waals surface area contributed by atoms with E-state index in [4.69, 9.17) is 5.26 Å². The molecule has 0 spiro atoms. The molecule has 0 radical (unpaired) electrons. The van der Waals surface area contributed by atoms with Crippen molar-refractivity contribution in [1.82, 2.24) is 14.8 Å². The van der Waals surface area contributed by atoms with Crippen molar-refractivity contribution in [1.29, 1.82) is 5.26 Å². The van der Waals surface area contributed by atoms with E-state index in [-0.39, 0.29) is 10.0 Å². The van der Waals surface area contributed by atoms with Gasteiger partial charge in [-0.1, -0.05) is 9.59 Å². The molecule has 0 bridgehead atoms. The van der Waals surface area contributed by atoms with Crippen molar-refractivity contribution in [2.24, 2.45) is 0 Å². The molecule has 0 aliphatic carbocycles. The van der Waals surface area contributed by atoms with Gasteiger partial charge in [-0.15, -0.1) is 0 Å². The van der Waals surface area contributed by atoms with Crippen LogP contribution in [0.15, 0.2) is 23.1 Å². The number of sulfonamides is 1. The van der Waals surface area contributed by atoms with Crippen LogP contribution < -0.4 is 4.72 Å². The first-order valence-electron chi connectivity index (χ1n) is 4.71. The Bertz CT molecular complexity index is 703. The van der Waals surface area contributed by atoms with Crippen molar-refractivity contribution in [3.05, 3.63) is 29.3 Å². The predicted octanol–water partition coefficient (Wildman–Crippen LogP) is 0.914. The first kappa shape index (κ1) is 12.4. The first-order valence-corrected chi connectivity index (χ1v) is 6.97. The molecule has 0 saturated heterocycles. The van der Waals surface area contributed by atoms with Crippen LogP contribution in [0, 0.1) is 18.3 Å². The molecule has 1 aromatic carbocycles. The minimum Gasteiger partial charge on any atom is -0.252 e. The van der Waals surface area contributed by atoms with E-state index in [1.54, 1.807) is 6.92 Å². The zero-order chi connectivity index (χ0) is 13.2. The van der Waals surface area contributed by atoms with Gasteiger partial charge >= 0.3 is 0 Å². The largest absolute Gasteiger partial charge is 0.264 e. The Balaban J connectivity index is 2.39. The van der Waals surface area contributed by atoms with Crippen LogP contribution in [-0.4, -0.2) is 23.2 Å². The number of benzene rings is 1. The second-order valence-corrected chi connectivity index (χ2v) is 5.75. The molecule has 0 fully saturated rings. The monoisotopic (exact) mass is 281 g/mol. The fourth-order valence-corrected chi connectivity index (χ4v) is 3.18. The normalized spacial score (nSPS) is 10.9. The SMILES string of the molecule is Cc1cc(C#N)ccc1S(=O)(=O)Nc1nnns1. The van der Waals surface area contributed by atoms with Crippen LogP contribution in [0.2, 0.25) is 0 Å². The van der Waals surface area contributed by atoms with E-state index in [1.807, 2.05) is 6.07 Å². The second kappa shape index (κ2) is 4.67. The van der Waals surface area contributed by atoms with Crippen LogP contribution in [0.3, 0.4) is 0 Å². The lowest BCUT2D eigenvalue weighted by Crippen LogP contribution is -2.14. The molecule has 9 heteroatoms. The Kier molecular flexibility index (Phi) is 3.22. The van der Waals surface area contributed by atoms with Crippen LogP contribution in [0.5, 0.6) is 0 Å². The van der Waals surface area contributed by atoms with E-state index in [9.17, 15) is 8.42 Å². The summed E-state index contributed by atoms with van der Waals surface area (Å²) >= 11 is 0.843. The predicted molar refractivity (Wildman–Crippen MR) is 64.4 cm³/mol. The first-order chi connectivity index (χ1) is 8.53. The van der Waals surface area contributed by atoms with E-state index < -0.39 is 10.0 Å². The number of hydrogen-bond acceptors (Lipinski definition) is 7. The lowest BCUT2D eigenvalue weighted by Gasteiger charge is -2.07. The van der Waals surface area contributed by atoms with E-state index in [0.29, 0.717) is 11.1 Å². The highest BCUT2D eigenvalue weighted by Gasteiger charge is 2.18. The number of nitrogens with zero attached hydrogens (tertiary/aromatic N) is 4. The summed E-state index contributed by atoms with van der Waals surface area (Å²) in [5.74, 6) is 0. The van der Waals surface area contributed by atoms with Gasteiger partial charge in [-0.2, -0.15) is 5.26 Å². The Labute approximate surface area is 107 Å². The molecule has 0 atom stereocenters. The Morgan fingerprint density at radius 2 is 2.22 bits per heavy atom. The Morgan fingerprint density at radius 1 is 1.44 bits per heavy atom. The van der Waals surface area contributed by atoms with Crippen LogP contribution in [0.1, 0.15) is 11.1 Å². The van der Waals surface area contributed by atoms with Gasteiger partial charge in [0.25, 0.3) is 10.0 Å². The summed E-state index contributed by atoms with van der Waals surface area (Å²) in [7, 11) is -3.73. The molecular formula is C9H7N5O2S2. The van der Waals surface area contributed by atoms with E-state index in [1.165, 1.54) is 18.2 Å². The van der Waals surface area contributed by atoms with Gasteiger partial charge < -0.3 is 0 Å². The fourth-order valence-electron chi connectivity index (χ4n) is 1.36. The standard InChI is InChI=1S/C9H7N5O2S2/c1-6-4-7(5-10)2-3-8(6)18(15,16)12-9-11-13-14-17-9/h2-4H,1H3,(H,11,12,14). The van der Waals surface area contributed by atoms with Gasteiger partial charge in [0, 0.05) is 11.5 Å². The smallest absolute Gasteiger partial charge is 0.252 e. The average molecular weight is 281 g/mol. The average Bonchev–Trinajstić information content (AvgIpc) is 2.80. The molecule has 7 nitrogen and oxygen atoms in total. The van der Waals surface area contributed by atoms with Crippen LogP contribution in [-0.2, 0) is 10.0 Å². The number of anilines is 1. The van der Waals surface area contributed by atoms with Crippen molar-refractivity contribution in [3.63, 3.8) is 0 Å². The highest BCUT2D eigenvalue weighted by molar-refractivity contribution is 7.93. The lowest BCUT2D eigenvalue weighted by molar-refractivity contribution is 0.600. The Morgan fingerprint density at radius 3 is 2.78 bits per heavy atom. The zero-order valence-electron chi connectivity index (χ0n) is 9.15.